The molecule has 8 nitrogen and oxygen atoms in total. The van der Waals surface area contributed by atoms with Gasteiger partial charge in [0, 0.05) is 12.8 Å². The van der Waals surface area contributed by atoms with Crippen molar-refractivity contribution in [3.8, 4) is 0 Å². The van der Waals surface area contributed by atoms with Gasteiger partial charge in [-0.15, -0.1) is 10.2 Å². The number of carbonyl (C=O) groups is 3. The number of thioether (sulfide) groups is 1. The van der Waals surface area contributed by atoms with Gasteiger partial charge in [0.15, 0.2) is 6.61 Å². The number of nitrogens with zero attached hydrogens (tertiary/aromatic N) is 2. The summed E-state index contributed by atoms with van der Waals surface area (Å²) in [5, 5.41) is 14.0. The highest BCUT2D eigenvalue weighted by atomic mass is 32.2. The maximum absolute atomic E-state index is 12.0. The van der Waals surface area contributed by atoms with Crippen LogP contribution in [0.2, 0.25) is 0 Å². The number of anilines is 1. The first-order valence-corrected chi connectivity index (χ1v) is 9.60. The Hall–Kier alpha value is -1.68. The molecular formula is C14H22N4O4S2. The van der Waals surface area contributed by atoms with Crippen LogP contribution in [0.4, 0.5) is 5.13 Å². The summed E-state index contributed by atoms with van der Waals surface area (Å²) in [7, 11) is 0. The summed E-state index contributed by atoms with van der Waals surface area (Å²) in [5.41, 5.74) is 0. The summed E-state index contributed by atoms with van der Waals surface area (Å²) < 4.78 is 4.97. The Labute approximate surface area is 149 Å². The van der Waals surface area contributed by atoms with Crippen molar-refractivity contribution in [2.75, 3.05) is 23.9 Å². The average molecular weight is 374 g/mol. The minimum absolute atomic E-state index is 0.223. The van der Waals surface area contributed by atoms with Gasteiger partial charge in [0.05, 0.1) is 0 Å². The number of hydrogen-bond acceptors (Lipinski definition) is 8. The third-order valence-corrected chi connectivity index (χ3v) is 4.58. The first-order valence-electron chi connectivity index (χ1n) is 7.39. The maximum Gasteiger partial charge on any atom is 0.329 e. The topological polar surface area (TPSA) is 110 Å². The van der Waals surface area contributed by atoms with E-state index in [1.807, 2.05) is 20.1 Å². The number of hydrogen-bond donors (Lipinski definition) is 2. The molecule has 1 atom stereocenters. The van der Waals surface area contributed by atoms with Gasteiger partial charge in [-0.1, -0.05) is 25.2 Å². The molecule has 0 bridgehead atoms. The van der Waals surface area contributed by atoms with E-state index in [0.29, 0.717) is 17.3 Å². The number of rotatable bonds is 9. The highest BCUT2D eigenvalue weighted by Gasteiger charge is 2.21. The number of aromatic nitrogens is 2. The zero-order valence-corrected chi connectivity index (χ0v) is 15.8. The van der Waals surface area contributed by atoms with Crippen molar-refractivity contribution in [3.63, 3.8) is 0 Å². The second-order valence-corrected chi connectivity index (χ2v) is 7.29. The highest BCUT2D eigenvalue weighted by molar-refractivity contribution is 7.98. The van der Waals surface area contributed by atoms with E-state index in [-0.39, 0.29) is 11.8 Å². The van der Waals surface area contributed by atoms with Gasteiger partial charge in [-0.05, 0) is 18.4 Å². The molecule has 0 spiro atoms. The molecule has 1 aromatic heterocycles. The van der Waals surface area contributed by atoms with E-state index < -0.39 is 24.5 Å². The molecule has 10 heteroatoms. The van der Waals surface area contributed by atoms with E-state index >= 15 is 0 Å². The van der Waals surface area contributed by atoms with Crippen LogP contribution < -0.4 is 10.6 Å². The molecule has 0 fully saturated rings. The molecule has 0 aromatic carbocycles. The third-order valence-electron chi connectivity index (χ3n) is 2.80. The van der Waals surface area contributed by atoms with Gasteiger partial charge in [-0.2, -0.15) is 11.8 Å². The largest absolute Gasteiger partial charge is 0.454 e. The SMILES string of the molecule is CSCCC(NC(C)=O)C(=O)OCC(=O)Nc1nnc(C(C)C)s1. The number of esters is 1. The van der Waals surface area contributed by atoms with E-state index in [1.54, 1.807) is 11.8 Å². The van der Waals surface area contributed by atoms with Crippen molar-refractivity contribution in [2.45, 2.75) is 39.2 Å². The van der Waals surface area contributed by atoms with Gasteiger partial charge in [0.2, 0.25) is 11.0 Å². The first kappa shape index (κ1) is 20.4. The normalized spacial score (nSPS) is 11.9. The average Bonchev–Trinajstić information content (AvgIpc) is 2.97. The van der Waals surface area contributed by atoms with Crippen LogP contribution in [0, 0.1) is 0 Å². The first-order chi connectivity index (χ1) is 11.3. The van der Waals surface area contributed by atoms with E-state index in [2.05, 4.69) is 20.8 Å². The number of nitrogens with one attached hydrogen (secondary N) is 2. The molecule has 1 heterocycles. The van der Waals surface area contributed by atoms with Crippen LogP contribution in [-0.2, 0) is 19.1 Å². The van der Waals surface area contributed by atoms with Gasteiger partial charge >= 0.3 is 5.97 Å². The lowest BCUT2D eigenvalue weighted by Crippen LogP contribution is -2.42. The van der Waals surface area contributed by atoms with Crippen LogP contribution >= 0.6 is 23.1 Å². The monoisotopic (exact) mass is 374 g/mol. The molecule has 134 valence electrons. The van der Waals surface area contributed by atoms with Crippen LogP contribution in [-0.4, -0.2) is 52.6 Å². The predicted molar refractivity (Wildman–Crippen MR) is 94.2 cm³/mol. The number of carbonyl (C=O) groups excluding carboxylic acids is 3. The van der Waals surface area contributed by atoms with E-state index in [9.17, 15) is 14.4 Å². The zero-order valence-electron chi connectivity index (χ0n) is 14.1. The number of amides is 2. The minimum Gasteiger partial charge on any atom is -0.454 e. The summed E-state index contributed by atoms with van der Waals surface area (Å²) in [5.74, 6) is -0.538. The molecule has 2 N–H and O–H groups in total. The Balaban J connectivity index is 2.47. The molecule has 0 aliphatic carbocycles. The standard InChI is InChI=1S/C14H22N4O4S2/c1-8(2)12-17-18-14(24-12)16-11(20)7-22-13(21)10(5-6-23-4)15-9(3)19/h8,10H,5-7H2,1-4H3,(H,15,19)(H,16,18,20). The molecule has 0 radical (unpaired) electrons. The second kappa shape index (κ2) is 10.2. The van der Waals surface area contributed by atoms with Crippen LogP contribution in [0.1, 0.15) is 38.1 Å². The predicted octanol–water partition coefficient (Wildman–Crippen LogP) is 1.40. The Kier molecular flexibility index (Phi) is 8.69. The molecule has 1 unspecified atom stereocenters. The summed E-state index contributed by atoms with van der Waals surface area (Å²) in [6.45, 7) is 4.84. The van der Waals surface area contributed by atoms with Crippen LogP contribution in [0.5, 0.6) is 0 Å². The lowest BCUT2D eigenvalue weighted by atomic mass is 10.2. The minimum atomic E-state index is -0.753. The van der Waals surface area contributed by atoms with Gasteiger partial charge < -0.3 is 10.1 Å². The van der Waals surface area contributed by atoms with Crippen molar-refractivity contribution >= 4 is 46.0 Å². The van der Waals surface area contributed by atoms with Crippen molar-refractivity contribution in [1.82, 2.24) is 15.5 Å². The van der Waals surface area contributed by atoms with Gasteiger partial charge in [0.1, 0.15) is 11.0 Å². The molecule has 0 aliphatic heterocycles. The van der Waals surface area contributed by atoms with Gasteiger partial charge in [-0.3, -0.25) is 14.9 Å². The van der Waals surface area contributed by atoms with E-state index in [4.69, 9.17) is 4.74 Å². The number of ether oxygens (including phenoxy) is 1. The van der Waals surface area contributed by atoms with Crippen LogP contribution in [0.3, 0.4) is 0 Å². The summed E-state index contributed by atoms with van der Waals surface area (Å²) in [6.07, 6.45) is 2.34. The second-order valence-electron chi connectivity index (χ2n) is 5.29. The molecular weight excluding hydrogens is 352 g/mol. The van der Waals surface area contributed by atoms with Gasteiger partial charge in [-0.25, -0.2) is 4.79 Å². The highest BCUT2D eigenvalue weighted by Crippen LogP contribution is 2.22. The van der Waals surface area contributed by atoms with Crippen LogP contribution in [0.25, 0.3) is 0 Å². The molecule has 0 saturated heterocycles. The Morgan fingerprint density at radius 2 is 2.00 bits per heavy atom. The molecule has 2 amide bonds. The molecule has 24 heavy (non-hydrogen) atoms. The third kappa shape index (κ3) is 7.26. The summed E-state index contributed by atoms with van der Waals surface area (Å²) in [6, 6.07) is -0.753. The van der Waals surface area contributed by atoms with Crippen molar-refractivity contribution in [3.05, 3.63) is 5.01 Å². The van der Waals surface area contributed by atoms with Crippen molar-refractivity contribution < 1.29 is 19.1 Å². The summed E-state index contributed by atoms with van der Waals surface area (Å²) >= 11 is 2.83. The molecule has 0 aliphatic rings. The van der Waals surface area contributed by atoms with Crippen molar-refractivity contribution in [2.24, 2.45) is 0 Å². The summed E-state index contributed by atoms with van der Waals surface area (Å²) in [4.78, 5) is 34.9. The molecule has 1 rings (SSSR count). The quantitative estimate of drug-likeness (QED) is 0.629. The lowest BCUT2D eigenvalue weighted by molar-refractivity contribution is -0.150. The molecule has 0 saturated carbocycles. The van der Waals surface area contributed by atoms with Crippen LogP contribution in [0.15, 0.2) is 0 Å². The maximum atomic E-state index is 12.0. The lowest BCUT2D eigenvalue weighted by Gasteiger charge is -2.15. The Morgan fingerprint density at radius 1 is 1.29 bits per heavy atom. The fourth-order valence-electron chi connectivity index (χ4n) is 1.64. The van der Waals surface area contributed by atoms with E-state index in [0.717, 1.165) is 5.01 Å². The zero-order chi connectivity index (χ0) is 18.1. The smallest absolute Gasteiger partial charge is 0.329 e. The van der Waals surface area contributed by atoms with Gasteiger partial charge in [0.25, 0.3) is 5.91 Å². The van der Waals surface area contributed by atoms with E-state index in [1.165, 1.54) is 18.3 Å². The Morgan fingerprint density at radius 3 is 2.54 bits per heavy atom. The van der Waals surface area contributed by atoms with Crippen molar-refractivity contribution in [1.29, 1.82) is 0 Å². The molecule has 1 aromatic rings. The fraction of sp³-hybridized carbons (Fsp3) is 0.643. The fourth-order valence-corrected chi connectivity index (χ4v) is 2.87. The Bertz CT molecular complexity index is 577.